The van der Waals surface area contributed by atoms with Gasteiger partial charge < -0.3 is 9.84 Å². The number of allylic oxidation sites excluding steroid dienone is 2. The standard InChI is InChI=1S/C22H28O3/c1-14(2)15(3)11-12-22(5,6)19-16(4)21(25-13-23)18-10-8-7-9-17(18)20(19)24/h7-11,13-14,24H,12H2,1-6H3/b15-11+. The van der Waals surface area contributed by atoms with Gasteiger partial charge in [-0.1, -0.05) is 63.6 Å². The summed E-state index contributed by atoms with van der Waals surface area (Å²) in [5.74, 6) is 1.29. The lowest BCUT2D eigenvalue weighted by Crippen LogP contribution is -2.19. The zero-order valence-electron chi connectivity index (χ0n) is 16.0. The molecule has 2 aromatic carbocycles. The van der Waals surface area contributed by atoms with E-state index in [0.29, 0.717) is 23.5 Å². The molecular weight excluding hydrogens is 312 g/mol. The molecule has 0 unspecified atom stereocenters. The highest BCUT2D eigenvalue weighted by molar-refractivity contribution is 5.96. The average molecular weight is 340 g/mol. The Morgan fingerprint density at radius 2 is 1.84 bits per heavy atom. The van der Waals surface area contributed by atoms with Crippen molar-refractivity contribution in [3.05, 3.63) is 47.0 Å². The van der Waals surface area contributed by atoms with Gasteiger partial charge in [0.15, 0.2) is 0 Å². The molecule has 0 fully saturated rings. The Hall–Kier alpha value is -2.29. The maximum Gasteiger partial charge on any atom is 0.298 e. The number of phenols is 1. The van der Waals surface area contributed by atoms with E-state index in [4.69, 9.17) is 4.74 Å². The lowest BCUT2D eigenvalue weighted by atomic mass is 9.76. The van der Waals surface area contributed by atoms with Crippen LogP contribution in [-0.2, 0) is 10.2 Å². The van der Waals surface area contributed by atoms with Crippen LogP contribution in [0.3, 0.4) is 0 Å². The van der Waals surface area contributed by atoms with Gasteiger partial charge in [-0.05, 0) is 37.2 Å². The van der Waals surface area contributed by atoms with Gasteiger partial charge in [-0.25, -0.2) is 0 Å². The molecule has 0 radical (unpaired) electrons. The van der Waals surface area contributed by atoms with Crippen LogP contribution in [0.25, 0.3) is 10.8 Å². The maximum absolute atomic E-state index is 11.0. The molecule has 3 nitrogen and oxygen atoms in total. The van der Waals surface area contributed by atoms with Gasteiger partial charge >= 0.3 is 0 Å². The van der Waals surface area contributed by atoms with Crippen LogP contribution in [0, 0.1) is 12.8 Å². The number of ether oxygens (including phenoxy) is 1. The Bertz CT molecular complexity index is 814. The van der Waals surface area contributed by atoms with Gasteiger partial charge in [-0.2, -0.15) is 0 Å². The Labute approximate surface area is 150 Å². The van der Waals surface area contributed by atoms with Gasteiger partial charge in [0, 0.05) is 16.3 Å². The first kappa shape index (κ1) is 19.0. The summed E-state index contributed by atoms with van der Waals surface area (Å²) in [5, 5.41) is 12.4. The minimum absolute atomic E-state index is 0.270. The second kappa shape index (κ2) is 7.30. The van der Waals surface area contributed by atoms with Gasteiger partial charge in [-0.3, -0.25) is 4.79 Å². The van der Waals surface area contributed by atoms with Crippen LogP contribution < -0.4 is 4.74 Å². The normalized spacial score (nSPS) is 12.7. The number of hydrogen-bond donors (Lipinski definition) is 1. The zero-order valence-corrected chi connectivity index (χ0v) is 16.0. The fourth-order valence-electron chi connectivity index (χ4n) is 3.30. The summed E-state index contributed by atoms with van der Waals surface area (Å²) in [6.45, 7) is 13.1. The zero-order chi connectivity index (χ0) is 18.8. The highest BCUT2D eigenvalue weighted by Gasteiger charge is 2.29. The van der Waals surface area contributed by atoms with E-state index in [-0.39, 0.29) is 11.2 Å². The predicted octanol–water partition coefficient (Wildman–Crippen LogP) is 5.66. The van der Waals surface area contributed by atoms with Crippen molar-refractivity contribution in [1.29, 1.82) is 0 Å². The topological polar surface area (TPSA) is 46.5 Å². The summed E-state index contributed by atoms with van der Waals surface area (Å²) in [6.07, 6.45) is 3.03. The second-order valence-electron chi connectivity index (χ2n) is 7.63. The van der Waals surface area contributed by atoms with Crippen LogP contribution in [0.5, 0.6) is 11.5 Å². The van der Waals surface area contributed by atoms with Crippen LogP contribution in [0.2, 0.25) is 0 Å². The highest BCUT2D eigenvalue weighted by atomic mass is 16.5. The van der Waals surface area contributed by atoms with Crippen LogP contribution in [0.1, 0.15) is 52.2 Å². The molecule has 0 aliphatic rings. The molecule has 0 saturated heterocycles. The SMILES string of the molecule is C/C(=C\CC(C)(C)c1c(C)c(OC=O)c2ccccc2c1O)C(C)C. The fourth-order valence-corrected chi connectivity index (χ4v) is 3.30. The number of hydrogen-bond acceptors (Lipinski definition) is 3. The molecule has 0 heterocycles. The molecule has 25 heavy (non-hydrogen) atoms. The number of fused-ring (bicyclic) bond motifs is 1. The average Bonchev–Trinajstić information content (AvgIpc) is 2.56. The van der Waals surface area contributed by atoms with Crippen molar-refractivity contribution in [1.82, 2.24) is 0 Å². The van der Waals surface area contributed by atoms with Crippen LogP contribution in [0.4, 0.5) is 0 Å². The molecule has 2 aromatic rings. The number of phenolic OH excluding ortho intramolecular Hbond substituents is 1. The molecule has 0 atom stereocenters. The van der Waals surface area contributed by atoms with Crippen LogP contribution >= 0.6 is 0 Å². The molecule has 0 amide bonds. The molecule has 134 valence electrons. The second-order valence-corrected chi connectivity index (χ2v) is 7.63. The monoisotopic (exact) mass is 340 g/mol. The first-order valence-corrected chi connectivity index (χ1v) is 8.72. The lowest BCUT2D eigenvalue weighted by Gasteiger charge is -2.29. The number of carbonyl (C=O) groups is 1. The molecule has 0 saturated carbocycles. The molecule has 0 aliphatic carbocycles. The highest BCUT2D eigenvalue weighted by Crippen LogP contribution is 2.46. The van der Waals surface area contributed by atoms with E-state index in [9.17, 15) is 9.90 Å². The summed E-state index contributed by atoms with van der Waals surface area (Å²) in [6, 6.07) is 7.47. The van der Waals surface area contributed by atoms with Crippen molar-refractivity contribution in [2.24, 2.45) is 5.92 Å². The van der Waals surface area contributed by atoms with Crippen LogP contribution in [0.15, 0.2) is 35.9 Å². The molecule has 2 rings (SSSR count). The van der Waals surface area contributed by atoms with E-state index in [1.807, 2.05) is 31.2 Å². The largest absolute Gasteiger partial charge is 0.507 e. The molecule has 1 N–H and O–H groups in total. The minimum atomic E-state index is -0.296. The molecule has 0 aromatic heterocycles. The predicted molar refractivity (Wildman–Crippen MR) is 103 cm³/mol. The van der Waals surface area contributed by atoms with Gasteiger partial charge in [0.1, 0.15) is 11.5 Å². The fraction of sp³-hybridized carbons (Fsp3) is 0.409. The first-order valence-electron chi connectivity index (χ1n) is 8.72. The Morgan fingerprint density at radius 3 is 2.40 bits per heavy atom. The van der Waals surface area contributed by atoms with Gasteiger partial charge in [-0.15, -0.1) is 0 Å². The molecule has 3 heteroatoms. The van der Waals surface area contributed by atoms with Crippen LogP contribution in [-0.4, -0.2) is 11.6 Å². The molecule has 0 bridgehead atoms. The van der Waals surface area contributed by atoms with E-state index in [2.05, 4.69) is 40.7 Å². The molecule has 0 aliphatic heterocycles. The third-order valence-electron chi connectivity index (χ3n) is 5.07. The van der Waals surface area contributed by atoms with Crippen molar-refractivity contribution in [3.8, 4) is 11.5 Å². The number of carbonyl (C=O) groups excluding carboxylic acids is 1. The molecular formula is C22H28O3. The summed E-state index contributed by atoms with van der Waals surface area (Å²) >= 11 is 0. The van der Waals surface area contributed by atoms with Gasteiger partial charge in [0.2, 0.25) is 0 Å². The van der Waals surface area contributed by atoms with Crippen molar-refractivity contribution in [2.75, 3.05) is 0 Å². The quantitative estimate of drug-likeness (QED) is 0.545. The van der Waals surface area contributed by atoms with Crippen molar-refractivity contribution in [2.45, 2.75) is 53.4 Å². The lowest BCUT2D eigenvalue weighted by molar-refractivity contribution is -0.120. The number of aromatic hydroxyl groups is 1. The number of benzene rings is 2. The Kier molecular flexibility index (Phi) is 5.56. The van der Waals surface area contributed by atoms with E-state index < -0.39 is 0 Å². The molecule has 0 spiro atoms. The Morgan fingerprint density at radius 1 is 1.24 bits per heavy atom. The van der Waals surface area contributed by atoms with Gasteiger partial charge in [0.25, 0.3) is 6.47 Å². The summed E-state index contributed by atoms with van der Waals surface area (Å²) in [4.78, 5) is 11.0. The number of rotatable bonds is 6. The van der Waals surface area contributed by atoms with Crippen molar-refractivity contribution in [3.63, 3.8) is 0 Å². The smallest absolute Gasteiger partial charge is 0.298 e. The third-order valence-corrected chi connectivity index (χ3v) is 5.07. The van der Waals surface area contributed by atoms with E-state index >= 15 is 0 Å². The van der Waals surface area contributed by atoms with Crippen molar-refractivity contribution < 1.29 is 14.6 Å². The minimum Gasteiger partial charge on any atom is -0.507 e. The van der Waals surface area contributed by atoms with Gasteiger partial charge in [0.05, 0.1) is 0 Å². The first-order chi connectivity index (χ1) is 11.7. The van der Waals surface area contributed by atoms with E-state index in [1.54, 1.807) is 0 Å². The summed E-state index contributed by atoms with van der Waals surface area (Å²) in [5.41, 5.74) is 2.67. The third kappa shape index (κ3) is 3.71. The summed E-state index contributed by atoms with van der Waals surface area (Å²) in [7, 11) is 0. The maximum atomic E-state index is 11.0. The summed E-state index contributed by atoms with van der Waals surface area (Å²) < 4.78 is 5.30. The van der Waals surface area contributed by atoms with E-state index in [0.717, 1.165) is 22.9 Å². The van der Waals surface area contributed by atoms with Crippen molar-refractivity contribution >= 4 is 17.2 Å². The van der Waals surface area contributed by atoms with E-state index in [1.165, 1.54) is 5.57 Å². The Balaban J connectivity index is 2.68.